The number of aliphatic imine (C=N–C) groups is 1. The molecule has 0 bridgehead atoms. The first-order valence-electron chi connectivity index (χ1n) is 10.4. The van der Waals surface area contributed by atoms with Crippen molar-refractivity contribution < 1.29 is 13.2 Å². The number of benzene rings is 2. The lowest BCUT2D eigenvalue weighted by Crippen LogP contribution is -2.41. The Morgan fingerprint density at radius 1 is 1.06 bits per heavy atom. The van der Waals surface area contributed by atoms with E-state index in [0.29, 0.717) is 24.9 Å². The molecule has 0 spiro atoms. The topological polar surface area (TPSA) is 83.0 Å². The summed E-state index contributed by atoms with van der Waals surface area (Å²) in [6, 6.07) is 17.3. The van der Waals surface area contributed by atoms with Crippen molar-refractivity contribution in [2.75, 3.05) is 40.0 Å². The Kier molecular flexibility index (Phi) is 12.6. The summed E-state index contributed by atoms with van der Waals surface area (Å²) >= 11 is 0. The highest BCUT2D eigenvalue weighted by molar-refractivity contribution is 14.0. The molecule has 0 amide bonds. The largest absolute Gasteiger partial charge is 0.492 e. The van der Waals surface area contributed by atoms with E-state index in [1.165, 1.54) is 11.8 Å². The van der Waals surface area contributed by atoms with Gasteiger partial charge in [0.1, 0.15) is 12.4 Å². The highest BCUT2D eigenvalue weighted by Gasteiger charge is 2.10. The van der Waals surface area contributed by atoms with Gasteiger partial charge in [-0.1, -0.05) is 30.3 Å². The average molecular weight is 575 g/mol. The third kappa shape index (κ3) is 10.2. The van der Waals surface area contributed by atoms with Gasteiger partial charge in [0.25, 0.3) is 0 Å². The molecule has 0 saturated carbocycles. The van der Waals surface area contributed by atoms with Gasteiger partial charge in [-0.05, 0) is 50.2 Å². The molecule has 2 N–H and O–H groups in total. The van der Waals surface area contributed by atoms with Crippen molar-refractivity contribution in [3.05, 3.63) is 60.2 Å². The number of nitrogens with zero attached hydrogens (tertiary/aromatic N) is 2. The van der Waals surface area contributed by atoms with Gasteiger partial charge in [0.15, 0.2) is 15.8 Å². The van der Waals surface area contributed by atoms with E-state index in [-0.39, 0.29) is 28.9 Å². The summed E-state index contributed by atoms with van der Waals surface area (Å²) in [5.41, 5.74) is 1.31. The van der Waals surface area contributed by atoms with Crippen molar-refractivity contribution in [3.63, 3.8) is 0 Å². The van der Waals surface area contributed by atoms with Crippen LogP contribution in [0.15, 0.2) is 64.5 Å². The second kappa shape index (κ2) is 14.3. The molecule has 9 heteroatoms. The van der Waals surface area contributed by atoms with Gasteiger partial charge in [0.05, 0.1) is 11.4 Å². The molecule has 0 aromatic heterocycles. The molecule has 1 unspecified atom stereocenters. The Morgan fingerprint density at radius 3 is 2.28 bits per heavy atom. The zero-order valence-electron chi connectivity index (χ0n) is 19.2. The van der Waals surface area contributed by atoms with Crippen LogP contribution in [0.25, 0.3) is 0 Å². The first kappa shape index (κ1) is 28.2. The van der Waals surface area contributed by atoms with Crippen LogP contribution in [0.2, 0.25) is 0 Å². The fourth-order valence-electron chi connectivity index (χ4n) is 2.99. The molecule has 0 radical (unpaired) electrons. The molecule has 0 heterocycles. The normalized spacial score (nSPS) is 12.7. The quantitative estimate of drug-likeness (QED) is 0.186. The van der Waals surface area contributed by atoms with Crippen molar-refractivity contribution in [2.24, 2.45) is 4.99 Å². The lowest BCUT2D eigenvalue weighted by molar-refractivity contribution is 0.238. The van der Waals surface area contributed by atoms with Gasteiger partial charge in [0, 0.05) is 32.4 Å². The maximum Gasteiger partial charge on any atom is 0.191 e. The van der Waals surface area contributed by atoms with Gasteiger partial charge >= 0.3 is 0 Å². The smallest absolute Gasteiger partial charge is 0.191 e. The molecule has 7 nitrogen and oxygen atoms in total. The average Bonchev–Trinajstić information content (AvgIpc) is 2.75. The molecule has 178 valence electrons. The minimum atomic E-state index is -3.19. The predicted octanol–water partition coefficient (Wildman–Crippen LogP) is 3.16. The van der Waals surface area contributed by atoms with Crippen molar-refractivity contribution in [1.29, 1.82) is 0 Å². The van der Waals surface area contributed by atoms with E-state index >= 15 is 0 Å². The molecule has 0 aliphatic carbocycles. The molecule has 2 aromatic carbocycles. The van der Waals surface area contributed by atoms with E-state index in [9.17, 15) is 8.42 Å². The summed E-state index contributed by atoms with van der Waals surface area (Å²) in [4.78, 5) is 6.87. The molecular weight excluding hydrogens is 539 g/mol. The Hall–Kier alpha value is -1.85. The van der Waals surface area contributed by atoms with Crippen LogP contribution in [-0.4, -0.2) is 65.4 Å². The lowest BCUT2D eigenvalue weighted by Gasteiger charge is -2.25. The zero-order valence-corrected chi connectivity index (χ0v) is 22.4. The van der Waals surface area contributed by atoms with Crippen LogP contribution in [0, 0.1) is 0 Å². The van der Waals surface area contributed by atoms with Crippen LogP contribution < -0.4 is 15.4 Å². The number of sulfone groups is 1. The Balaban J connectivity index is 0.00000512. The third-order valence-corrected chi connectivity index (χ3v) is 6.15. The van der Waals surface area contributed by atoms with Crippen LogP contribution in [-0.2, 0) is 16.4 Å². The molecule has 0 saturated heterocycles. The Morgan fingerprint density at radius 2 is 1.69 bits per heavy atom. The monoisotopic (exact) mass is 574 g/mol. The molecule has 0 aliphatic rings. The Bertz CT molecular complexity index is 922. The van der Waals surface area contributed by atoms with Gasteiger partial charge in [-0.2, -0.15) is 0 Å². The highest BCUT2D eigenvalue weighted by Crippen LogP contribution is 2.15. The van der Waals surface area contributed by atoms with Crippen LogP contribution in [0.3, 0.4) is 0 Å². The molecule has 1 atom stereocenters. The van der Waals surface area contributed by atoms with Crippen LogP contribution in [0.4, 0.5) is 0 Å². The molecule has 32 heavy (non-hydrogen) atoms. The van der Waals surface area contributed by atoms with Crippen LogP contribution in [0.1, 0.15) is 18.9 Å². The van der Waals surface area contributed by atoms with E-state index in [1.54, 1.807) is 31.3 Å². The number of hydrogen-bond acceptors (Lipinski definition) is 5. The highest BCUT2D eigenvalue weighted by atomic mass is 127. The SMILES string of the molecule is CN=C(NCCOc1ccc(S(C)(=O)=O)cc1)NCCC(C)N(C)Cc1ccccc1.I. The van der Waals surface area contributed by atoms with E-state index in [4.69, 9.17) is 4.74 Å². The lowest BCUT2D eigenvalue weighted by atomic mass is 10.1. The van der Waals surface area contributed by atoms with Gasteiger partial charge < -0.3 is 15.4 Å². The second-order valence-electron chi connectivity index (χ2n) is 7.56. The van der Waals surface area contributed by atoms with Crippen molar-refractivity contribution in [1.82, 2.24) is 15.5 Å². The third-order valence-electron chi connectivity index (χ3n) is 5.02. The first-order chi connectivity index (χ1) is 14.8. The first-order valence-corrected chi connectivity index (χ1v) is 12.3. The van der Waals surface area contributed by atoms with Gasteiger partial charge in [-0.15, -0.1) is 24.0 Å². The summed E-state index contributed by atoms with van der Waals surface area (Å²) in [5.74, 6) is 1.36. The second-order valence-corrected chi connectivity index (χ2v) is 9.57. The predicted molar refractivity (Wildman–Crippen MR) is 142 cm³/mol. The van der Waals surface area contributed by atoms with Crippen molar-refractivity contribution >= 4 is 39.8 Å². The molecular formula is C23H35IN4O3S. The van der Waals surface area contributed by atoms with Crippen LogP contribution in [0.5, 0.6) is 5.75 Å². The van der Waals surface area contributed by atoms with E-state index in [2.05, 4.69) is 58.8 Å². The summed E-state index contributed by atoms with van der Waals surface area (Å²) in [6.07, 6.45) is 2.18. The minimum Gasteiger partial charge on any atom is -0.492 e. The van der Waals surface area contributed by atoms with Crippen molar-refractivity contribution in [3.8, 4) is 5.75 Å². The number of ether oxygens (including phenoxy) is 1. The minimum absolute atomic E-state index is 0. The molecule has 0 fully saturated rings. The fraction of sp³-hybridized carbons (Fsp3) is 0.435. The number of rotatable bonds is 11. The fourth-order valence-corrected chi connectivity index (χ4v) is 3.62. The van der Waals surface area contributed by atoms with E-state index in [0.717, 1.165) is 25.5 Å². The molecule has 2 aromatic rings. The van der Waals surface area contributed by atoms with E-state index in [1.807, 2.05) is 6.07 Å². The summed E-state index contributed by atoms with van der Waals surface area (Å²) in [5, 5.41) is 6.55. The Labute approximate surface area is 209 Å². The maximum atomic E-state index is 11.5. The van der Waals surface area contributed by atoms with Crippen molar-refractivity contribution in [2.45, 2.75) is 30.8 Å². The van der Waals surface area contributed by atoms with Gasteiger partial charge in [0.2, 0.25) is 0 Å². The summed E-state index contributed by atoms with van der Waals surface area (Å²) in [7, 11) is 0.694. The molecule has 2 rings (SSSR count). The standard InChI is InChI=1S/C23H34N4O3S.HI/c1-19(27(3)18-20-8-6-5-7-9-20)14-15-25-23(24-2)26-16-17-30-21-10-12-22(13-11-21)31(4,28)29;/h5-13,19H,14-18H2,1-4H3,(H2,24,25,26);1H. The zero-order chi connectivity index (χ0) is 22.7. The van der Waals surface area contributed by atoms with Gasteiger partial charge in [-0.3, -0.25) is 9.89 Å². The summed E-state index contributed by atoms with van der Waals surface area (Å²) in [6.45, 7) is 4.99. The molecule has 0 aliphatic heterocycles. The maximum absolute atomic E-state index is 11.5. The van der Waals surface area contributed by atoms with E-state index < -0.39 is 9.84 Å². The van der Waals surface area contributed by atoms with Gasteiger partial charge in [-0.25, -0.2) is 8.42 Å². The number of hydrogen-bond donors (Lipinski definition) is 2. The number of nitrogens with one attached hydrogen (secondary N) is 2. The van der Waals surface area contributed by atoms with Crippen LogP contribution >= 0.6 is 24.0 Å². The number of halogens is 1. The summed E-state index contributed by atoms with van der Waals surface area (Å²) < 4.78 is 28.6. The number of guanidine groups is 1.